The molecule has 0 aliphatic carbocycles. The number of primary amides is 1. The lowest BCUT2D eigenvalue weighted by atomic mass is 10.1. The van der Waals surface area contributed by atoms with Gasteiger partial charge in [0.15, 0.2) is 0 Å². The minimum atomic E-state index is -0.836. The Bertz CT molecular complexity index is 404. The zero-order chi connectivity index (χ0) is 13.4. The number of nitrogens with two attached hydrogens (primary N) is 1. The van der Waals surface area contributed by atoms with Crippen molar-refractivity contribution in [2.45, 2.75) is 6.42 Å². The molecule has 0 fully saturated rings. The summed E-state index contributed by atoms with van der Waals surface area (Å²) in [6, 6.07) is 6.86. The second-order valence-corrected chi connectivity index (χ2v) is 3.69. The van der Waals surface area contributed by atoms with Gasteiger partial charge in [0.25, 0.3) is 0 Å². The first-order valence-corrected chi connectivity index (χ1v) is 5.54. The Hall–Kier alpha value is -2.08. The molecule has 0 aromatic heterocycles. The molecule has 0 heterocycles. The minimum Gasteiger partial charge on any atom is -0.497 e. The number of hydrogen-bond acceptors (Lipinski definition) is 4. The van der Waals surface area contributed by atoms with Crippen molar-refractivity contribution in [2.24, 2.45) is 5.73 Å². The maximum absolute atomic E-state index is 11.1. The lowest BCUT2D eigenvalue weighted by molar-refractivity contribution is -0.119. The quantitative estimate of drug-likeness (QED) is 0.621. The Morgan fingerprint density at radius 3 is 2.50 bits per heavy atom. The molecule has 0 saturated heterocycles. The van der Waals surface area contributed by atoms with Crippen LogP contribution in [-0.2, 0) is 11.2 Å². The highest BCUT2D eigenvalue weighted by Gasteiger charge is 2.02. The number of benzene rings is 1. The Kier molecular flexibility index (Phi) is 5.66. The number of hydrogen-bond donors (Lipinski definition) is 3. The SMILES string of the molecule is COc1ccc(CCNCC(=O)NC(N)=O)cc1. The van der Waals surface area contributed by atoms with Crippen LogP contribution in [0.5, 0.6) is 5.75 Å². The Labute approximate surface area is 105 Å². The van der Waals surface area contributed by atoms with Crippen LogP contribution in [0.1, 0.15) is 5.56 Å². The van der Waals surface area contributed by atoms with E-state index >= 15 is 0 Å². The molecule has 98 valence electrons. The van der Waals surface area contributed by atoms with Crippen LogP contribution in [-0.4, -0.2) is 32.1 Å². The normalized spacial score (nSPS) is 9.83. The van der Waals surface area contributed by atoms with Crippen molar-refractivity contribution >= 4 is 11.9 Å². The highest BCUT2D eigenvalue weighted by Crippen LogP contribution is 2.11. The molecule has 0 saturated carbocycles. The summed E-state index contributed by atoms with van der Waals surface area (Å²) in [5, 5.41) is 4.89. The van der Waals surface area contributed by atoms with Gasteiger partial charge in [-0.1, -0.05) is 12.1 Å². The zero-order valence-electron chi connectivity index (χ0n) is 10.2. The summed E-state index contributed by atoms with van der Waals surface area (Å²) in [5.74, 6) is 0.379. The van der Waals surface area contributed by atoms with E-state index in [4.69, 9.17) is 10.5 Å². The van der Waals surface area contributed by atoms with Gasteiger partial charge < -0.3 is 15.8 Å². The third kappa shape index (κ3) is 5.31. The van der Waals surface area contributed by atoms with Crippen LogP contribution in [0, 0.1) is 0 Å². The molecule has 6 heteroatoms. The summed E-state index contributed by atoms with van der Waals surface area (Å²) < 4.78 is 5.05. The van der Waals surface area contributed by atoms with E-state index < -0.39 is 11.9 Å². The van der Waals surface area contributed by atoms with Crippen molar-refractivity contribution in [3.05, 3.63) is 29.8 Å². The number of carbonyl (C=O) groups excluding carboxylic acids is 2. The molecule has 4 N–H and O–H groups in total. The first-order chi connectivity index (χ1) is 8.61. The zero-order valence-corrected chi connectivity index (χ0v) is 10.2. The predicted octanol–water partition coefficient (Wildman–Crippen LogP) is 0.0222. The van der Waals surface area contributed by atoms with Gasteiger partial charge in [-0.15, -0.1) is 0 Å². The molecular weight excluding hydrogens is 234 g/mol. The van der Waals surface area contributed by atoms with Gasteiger partial charge in [0.1, 0.15) is 5.75 Å². The highest BCUT2D eigenvalue weighted by atomic mass is 16.5. The summed E-state index contributed by atoms with van der Waals surface area (Å²) in [4.78, 5) is 21.4. The van der Waals surface area contributed by atoms with Crippen LogP contribution in [0.25, 0.3) is 0 Å². The van der Waals surface area contributed by atoms with Gasteiger partial charge in [-0.3, -0.25) is 10.1 Å². The maximum atomic E-state index is 11.1. The first-order valence-electron chi connectivity index (χ1n) is 5.54. The molecule has 0 unspecified atom stereocenters. The molecule has 0 radical (unpaired) electrons. The van der Waals surface area contributed by atoms with Crippen molar-refractivity contribution in [2.75, 3.05) is 20.2 Å². The topological polar surface area (TPSA) is 93.4 Å². The summed E-state index contributed by atoms with van der Waals surface area (Å²) in [6.45, 7) is 0.706. The fourth-order valence-electron chi connectivity index (χ4n) is 1.41. The molecular formula is C12H17N3O3. The van der Waals surface area contributed by atoms with Gasteiger partial charge >= 0.3 is 6.03 Å². The second kappa shape index (κ2) is 7.29. The van der Waals surface area contributed by atoms with E-state index in [0.717, 1.165) is 17.7 Å². The first kappa shape index (κ1) is 14.0. The molecule has 0 spiro atoms. The van der Waals surface area contributed by atoms with Crippen molar-refractivity contribution < 1.29 is 14.3 Å². The third-order valence-electron chi connectivity index (χ3n) is 2.30. The number of methoxy groups -OCH3 is 1. The number of ether oxygens (including phenoxy) is 1. The lowest BCUT2D eigenvalue weighted by Crippen LogP contribution is -2.40. The van der Waals surface area contributed by atoms with Crippen LogP contribution in [0.3, 0.4) is 0 Å². The van der Waals surface area contributed by atoms with Gasteiger partial charge in [0, 0.05) is 0 Å². The monoisotopic (exact) mass is 251 g/mol. The van der Waals surface area contributed by atoms with E-state index in [2.05, 4.69) is 5.32 Å². The average Bonchev–Trinajstić information content (AvgIpc) is 2.34. The van der Waals surface area contributed by atoms with E-state index in [9.17, 15) is 9.59 Å². The van der Waals surface area contributed by atoms with Crippen LogP contribution in [0.4, 0.5) is 4.79 Å². The van der Waals surface area contributed by atoms with Crippen LogP contribution >= 0.6 is 0 Å². The maximum Gasteiger partial charge on any atom is 0.318 e. The van der Waals surface area contributed by atoms with Crippen molar-refractivity contribution in [3.8, 4) is 5.75 Å². The number of amides is 3. The number of imide groups is 1. The van der Waals surface area contributed by atoms with Gasteiger partial charge in [-0.05, 0) is 30.7 Å². The van der Waals surface area contributed by atoms with E-state index in [1.165, 1.54) is 0 Å². The summed E-state index contributed by atoms with van der Waals surface area (Å²) in [6.07, 6.45) is 0.786. The lowest BCUT2D eigenvalue weighted by Gasteiger charge is -2.05. The smallest absolute Gasteiger partial charge is 0.318 e. The molecule has 6 nitrogen and oxygen atoms in total. The predicted molar refractivity (Wildman–Crippen MR) is 67.3 cm³/mol. The molecule has 0 atom stereocenters. The summed E-state index contributed by atoms with van der Waals surface area (Å²) in [7, 11) is 1.62. The molecule has 1 aromatic carbocycles. The Morgan fingerprint density at radius 2 is 1.94 bits per heavy atom. The van der Waals surface area contributed by atoms with E-state index in [0.29, 0.717) is 6.54 Å². The molecule has 1 rings (SSSR count). The van der Waals surface area contributed by atoms with Crippen molar-refractivity contribution in [1.82, 2.24) is 10.6 Å². The Balaban J connectivity index is 2.21. The molecule has 18 heavy (non-hydrogen) atoms. The van der Waals surface area contributed by atoms with Gasteiger partial charge in [-0.25, -0.2) is 4.79 Å². The molecule has 0 bridgehead atoms. The van der Waals surface area contributed by atoms with Crippen LogP contribution in [0.2, 0.25) is 0 Å². The summed E-state index contributed by atoms with van der Waals surface area (Å²) >= 11 is 0. The third-order valence-corrected chi connectivity index (χ3v) is 2.30. The number of rotatable bonds is 6. The number of carbonyl (C=O) groups is 2. The second-order valence-electron chi connectivity index (χ2n) is 3.69. The van der Waals surface area contributed by atoms with E-state index in [1.807, 2.05) is 29.6 Å². The van der Waals surface area contributed by atoms with E-state index in [-0.39, 0.29) is 6.54 Å². The fraction of sp³-hybridized carbons (Fsp3) is 0.333. The molecule has 0 aliphatic rings. The van der Waals surface area contributed by atoms with Crippen LogP contribution < -0.4 is 21.1 Å². The largest absolute Gasteiger partial charge is 0.497 e. The van der Waals surface area contributed by atoms with Gasteiger partial charge in [0.05, 0.1) is 13.7 Å². The summed E-state index contributed by atoms with van der Waals surface area (Å²) in [5.41, 5.74) is 5.94. The average molecular weight is 251 g/mol. The fourth-order valence-corrected chi connectivity index (χ4v) is 1.41. The molecule has 3 amide bonds. The number of urea groups is 1. The number of nitrogens with one attached hydrogen (secondary N) is 2. The van der Waals surface area contributed by atoms with E-state index in [1.54, 1.807) is 7.11 Å². The Morgan fingerprint density at radius 1 is 1.28 bits per heavy atom. The molecule has 1 aromatic rings. The minimum absolute atomic E-state index is 0.0685. The van der Waals surface area contributed by atoms with Gasteiger partial charge in [-0.2, -0.15) is 0 Å². The van der Waals surface area contributed by atoms with Crippen molar-refractivity contribution in [3.63, 3.8) is 0 Å². The molecule has 0 aliphatic heterocycles. The van der Waals surface area contributed by atoms with Gasteiger partial charge in [0.2, 0.25) is 5.91 Å². The highest BCUT2D eigenvalue weighted by molar-refractivity contribution is 5.94. The van der Waals surface area contributed by atoms with Crippen LogP contribution in [0.15, 0.2) is 24.3 Å². The van der Waals surface area contributed by atoms with Crippen molar-refractivity contribution in [1.29, 1.82) is 0 Å². The standard InChI is InChI=1S/C12H17N3O3/c1-18-10-4-2-9(3-5-10)6-7-14-8-11(16)15-12(13)17/h2-5,14H,6-8H2,1H3,(H3,13,15,16,17).